The summed E-state index contributed by atoms with van der Waals surface area (Å²) in [6, 6.07) is 5.41. The molecule has 4 rings (SSSR count). The third kappa shape index (κ3) is 2.25. The van der Waals surface area contributed by atoms with Gasteiger partial charge in [-0.25, -0.2) is 0 Å². The lowest BCUT2D eigenvalue weighted by Gasteiger charge is -2.34. The van der Waals surface area contributed by atoms with E-state index in [1.807, 2.05) is 17.0 Å². The molecule has 1 aromatic carbocycles. The molecule has 0 bridgehead atoms. The normalized spacial score (nSPS) is 30.3. The van der Waals surface area contributed by atoms with Crippen molar-refractivity contribution in [3.05, 3.63) is 23.8 Å². The lowest BCUT2D eigenvalue weighted by Crippen LogP contribution is -2.44. The summed E-state index contributed by atoms with van der Waals surface area (Å²) in [4.78, 5) is 14.6. The quantitative estimate of drug-likeness (QED) is 0.794. The number of carbonyl (C=O) groups excluding carboxylic acids is 1. The van der Waals surface area contributed by atoms with Gasteiger partial charge in [0.15, 0.2) is 11.5 Å². The maximum atomic E-state index is 12.7. The number of hydrogen-bond donors (Lipinski definition) is 0. The highest BCUT2D eigenvalue weighted by Gasteiger charge is 2.38. The number of ether oxygens (including phenoxy) is 3. The first-order valence-corrected chi connectivity index (χ1v) is 7.55. The van der Waals surface area contributed by atoms with E-state index in [1.54, 1.807) is 6.07 Å². The molecule has 5 nitrogen and oxygen atoms in total. The predicted octanol–water partition coefficient (Wildman–Crippen LogP) is 2.05. The van der Waals surface area contributed by atoms with E-state index in [0.717, 1.165) is 25.9 Å². The lowest BCUT2D eigenvalue weighted by atomic mass is 9.92. The summed E-state index contributed by atoms with van der Waals surface area (Å²) in [5, 5.41) is 0. The third-order valence-corrected chi connectivity index (χ3v) is 4.61. The third-order valence-electron chi connectivity index (χ3n) is 4.61. The predicted molar refractivity (Wildman–Crippen MR) is 75.5 cm³/mol. The molecule has 0 radical (unpaired) electrons. The van der Waals surface area contributed by atoms with E-state index in [2.05, 4.69) is 6.92 Å². The SMILES string of the molecule is C[C@@H]1C[C@@H]2CN(C(=O)c3ccc4c(c3)OCO4)CC[C@@H]2O1. The van der Waals surface area contributed by atoms with E-state index in [0.29, 0.717) is 35.2 Å². The summed E-state index contributed by atoms with van der Waals surface area (Å²) in [6.07, 6.45) is 2.64. The minimum Gasteiger partial charge on any atom is -0.454 e. The van der Waals surface area contributed by atoms with Crippen LogP contribution in [0.1, 0.15) is 30.1 Å². The molecule has 112 valence electrons. The van der Waals surface area contributed by atoms with Crippen molar-refractivity contribution < 1.29 is 19.0 Å². The zero-order valence-corrected chi connectivity index (χ0v) is 12.1. The van der Waals surface area contributed by atoms with E-state index in [-0.39, 0.29) is 12.7 Å². The number of fused-ring (bicyclic) bond motifs is 2. The number of piperidine rings is 1. The number of likely N-dealkylation sites (tertiary alicyclic amines) is 1. The van der Waals surface area contributed by atoms with Gasteiger partial charge in [0.25, 0.3) is 5.91 Å². The number of benzene rings is 1. The van der Waals surface area contributed by atoms with Crippen LogP contribution in [-0.2, 0) is 4.74 Å². The highest BCUT2D eigenvalue weighted by molar-refractivity contribution is 5.95. The fraction of sp³-hybridized carbons (Fsp3) is 0.562. The fourth-order valence-electron chi connectivity index (χ4n) is 3.59. The molecular weight excluding hydrogens is 270 g/mol. The molecule has 3 atom stereocenters. The molecule has 3 heterocycles. The van der Waals surface area contributed by atoms with Gasteiger partial charge in [0.05, 0.1) is 12.2 Å². The summed E-state index contributed by atoms with van der Waals surface area (Å²) in [7, 11) is 0. The Morgan fingerprint density at radius 3 is 3.05 bits per heavy atom. The second-order valence-electron chi connectivity index (χ2n) is 6.09. The topological polar surface area (TPSA) is 48.0 Å². The second kappa shape index (κ2) is 4.91. The van der Waals surface area contributed by atoms with Gasteiger partial charge < -0.3 is 19.1 Å². The highest BCUT2D eigenvalue weighted by Crippen LogP contribution is 2.35. The monoisotopic (exact) mass is 289 g/mol. The van der Waals surface area contributed by atoms with Gasteiger partial charge in [-0.3, -0.25) is 4.79 Å². The molecule has 3 aliphatic rings. The van der Waals surface area contributed by atoms with Crippen LogP contribution in [-0.4, -0.2) is 42.9 Å². The van der Waals surface area contributed by atoms with Crippen molar-refractivity contribution in [2.24, 2.45) is 5.92 Å². The Morgan fingerprint density at radius 2 is 2.14 bits per heavy atom. The number of rotatable bonds is 1. The number of carbonyl (C=O) groups is 1. The van der Waals surface area contributed by atoms with Crippen LogP contribution < -0.4 is 9.47 Å². The highest BCUT2D eigenvalue weighted by atomic mass is 16.7. The molecule has 2 saturated heterocycles. The standard InChI is InChI=1S/C16H19NO4/c1-10-6-12-8-17(5-4-13(12)21-10)16(18)11-2-3-14-15(7-11)20-9-19-14/h2-3,7,10,12-13H,4-6,8-9H2,1H3/t10-,12-,13+/m1/s1. The van der Waals surface area contributed by atoms with Gasteiger partial charge in [-0.15, -0.1) is 0 Å². The van der Waals surface area contributed by atoms with Crippen molar-refractivity contribution in [1.82, 2.24) is 4.90 Å². The molecule has 1 amide bonds. The molecule has 0 unspecified atom stereocenters. The van der Waals surface area contributed by atoms with Crippen molar-refractivity contribution in [2.45, 2.75) is 32.0 Å². The van der Waals surface area contributed by atoms with Crippen LogP contribution in [0, 0.1) is 5.92 Å². The molecule has 1 aromatic rings. The summed E-state index contributed by atoms with van der Waals surface area (Å²) in [5.74, 6) is 1.93. The summed E-state index contributed by atoms with van der Waals surface area (Å²) in [5.41, 5.74) is 0.671. The van der Waals surface area contributed by atoms with Crippen LogP contribution in [0.5, 0.6) is 11.5 Å². The molecule has 0 aromatic heterocycles. The summed E-state index contributed by atoms with van der Waals surface area (Å²) in [6.45, 7) is 3.90. The average Bonchev–Trinajstić information content (AvgIpc) is 3.09. The smallest absolute Gasteiger partial charge is 0.254 e. The number of hydrogen-bond acceptors (Lipinski definition) is 4. The van der Waals surface area contributed by atoms with Crippen LogP contribution in [0.3, 0.4) is 0 Å². The maximum Gasteiger partial charge on any atom is 0.254 e. The van der Waals surface area contributed by atoms with Gasteiger partial charge in [0.1, 0.15) is 0 Å². The van der Waals surface area contributed by atoms with E-state index in [4.69, 9.17) is 14.2 Å². The molecular formula is C16H19NO4. The fourth-order valence-corrected chi connectivity index (χ4v) is 3.59. The van der Waals surface area contributed by atoms with Crippen molar-refractivity contribution in [2.75, 3.05) is 19.9 Å². The van der Waals surface area contributed by atoms with E-state index < -0.39 is 0 Å². The lowest BCUT2D eigenvalue weighted by molar-refractivity contribution is 0.00864. The molecule has 2 fully saturated rings. The Hall–Kier alpha value is -1.75. The zero-order chi connectivity index (χ0) is 14.4. The molecule has 0 N–H and O–H groups in total. The van der Waals surface area contributed by atoms with Gasteiger partial charge in [-0.05, 0) is 38.0 Å². The minimum absolute atomic E-state index is 0.0753. The maximum absolute atomic E-state index is 12.7. The molecule has 0 saturated carbocycles. The first-order valence-electron chi connectivity index (χ1n) is 7.55. The molecule has 21 heavy (non-hydrogen) atoms. The van der Waals surface area contributed by atoms with Gasteiger partial charge in [0, 0.05) is 24.6 Å². The molecule has 3 aliphatic heterocycles. The number of amides is 1. The van der Waals surface area contributed by atoms with E-state index in [1.165, 1.54) is 0 Å². The molecule has 5 heteroatoms. The summed E-state index contributed by atoms with van der Waals surface area (Å²) < 4.78 is 16.5. The van der Waals surface area contributed by atoms with Crippen LogP contribution in [0.25, 0.3) is 0 Å². The van der Waals surface area contributed by atoms with Crippen molar-refractivity contribution >= 4 is 5.91 Å². The van der Waals surface area contributed by atoms with Crippen LogP contribution in [0.15, 0.2) is 18.2 Å². The Morgan fingerprint density at radius 1 is 1.29 bits per heavy atom. The molecule has 0 spiro atoms. The Balaban J connectivity index is 1.50. The average molecular weight is 289 g/mol. The molecule has 0 aliphatic carbocycles. The van der Waals surface area contributed by atoms with Crippen LogP contribution in [0.4, 0.5) is 0 Å². The summed E-state index contributed by atoms with van der Waals surface area (Å²) >= 11 is 0. The van der Waals surface area contributed by atoms with E-state index >= 15 is 0 Å². The first kappa shape index (κ1) is 13.0. The van der Waals surface area contributed by atoms with E-state index in [9.17, 15) is 4.79 Å². The first-order chi connectivity index (χ1) is 10.2. The van der Waals surface area contributed by atoms with Gasteiger partial charge >= 0.3 is 0 Å². The van der Waals surface area contributed by atoms with Crippen molar-refractivity contribution in [3.63, 3.8) is 0 Å². The Bertz CT molecular complexity index is 573. The van der Waals surface area contributed by atoms with Crippen LogP contribution >= 0.6 is 0 Å². The van der Waals surface area contributed by atoms with Gasteiger partial charge in [-0.1, -0.05) is 0 Å². The van der Waals surface area contributed by atoms with Gasteiger partial charge in [-0.2, -0.15) is 0 Å². The Kier molecular flexibility index (Phi) is 3.03. The second-order valence-corrected chi connectivity index (χ2v) is 6.09. The van der Waals surface area contributed by atoms with Crippen molar-refractivity contribution in [3.8, 4) is 11.5 Å². The van der Waals surface area contributed by atoms with Crippen molar-refractivity contribution in [1.29, 1.82) is 0 Å². The van der Waals surface area contributed by atoms with Gasteiger partial charge in [0.2, 0.25) is 6.79 Å². The zero-order valence-electron chi connectivity index (χ0n) is 12.1. The minimum atomic E-state index is 0.0753. The van der Waals surface area contributed by atoms with Crippen LogP contribution in [0.2, 0.25) is 0 Å². The Labute approximate surface area is 123 Å². The number of nitrogens with zero attached hydrogens (tertiary/aromatic N) is 1. The largest absolute Gasteiger partial charge is 0.454 e.